The van der Waals surface area contributed by atoms with Crippen molar-refractivity contribution in [1.82, 2.24) is 4.90 Å². The Kier molecular flexibility index (Phi) is 8.88. The molecule has 7 heteroatoms. The highest BCUT2D eigenvalue weighted by Crippen LogP contribution is 2.23. The molecule has 1 saturated heterocycles. The Bertz CT molecular complexity index is 704. The number of anilines is 2. The summed E-state index contributed by atoms with van der Waals surface area (Å²) in [5, 5.41) is 2.89. The van der Waals surface area contributed by atoms with E-state index in [0.29, 0.717) is 17.3 Å². The molecule has 0 bridgehead atoms. The summed E-state index contributed by atoms with van der Waals surface area (Å²) in [5.74, 6) is -0.193. The molecule has 1 unspecified atom stereocenters. The second kappa shape index (κ2) is 10.4. The van der Waals surface area contributed by atoms with Crippen LogP contribution in [-0.4, -0.2) is 37.1 Å². The molecule has 1 amide bonds. The zero-order valence-corrected chi connectivity index (χ0v) is 16.3. The molecule has 142 valence electrons. The molecule has 2 aromatic carbocycles. The van der Waals surface area contributed by atoms with Crippen molar-refractivity contribution in [3.05, 3.63) is 59.7 Å². The number of carbonyl (C=O) groups is 1. The Hall–Kier alpha value is -1.79. The average molecular weight is 398 g/mol. The van der Waals surface area contributed by atoms with Gasteiger partial charge in [-0.3, -0.25) is 9.69 Å². The number of morpholine rings is 1. The minimum absolute atomic E-state index is 0. The third kappa shape index (κ3) is 5.35. The lowest BCUT2D eigenvalue weighted by atomic mass is 10.1. The van der Waals surface area contributed by atoms with Crippen LogP contribution in [0.4, 0.5) is 11.4 Å². The first-order valence-electron chi connectivity index (χ1n) is 8.23. The van der Waals surface area contributed by atoms with E-state index in [1.54, 1.807) is 18.2 Å². The largest absolute Gasteiger partial charge is 0.398 e. The number of nitrogens with two attached hydrogens (primary N) is 1. The van der Waals surface area contributed by atoms with E-state index in [1.807, 2.05) is 18.2 Å². The Morgan fingerprint density at radius 3 is 2.31 bits per heavy atom. The predicted molar refractivity (Wildman–Crippen MR) is 111 cm³/mol. The fourth-order valence-corrected chi connectivity index (χ4v) is 2.92. The van der Waals surface area contributed by atoms with Gasteiger partial charge in [0.05, 0.1) is 18.8 Å². The molecule has 1 heterocycles. The van der Waals surface area contributed by atoms with Crippen LogP contribution in [0.5, 0.6) is 0 Å². The van der Waals surface area contributed by atoms with Crippen LogP contribution < -0.4 is 11.1 Å². The molecule has 5 nitrogen and oxygen atoms in total. The normalized spacial score (nSPS) is 15.3. The predicted octanol–water partition coefficient (Wildman–Crippen LogP) is 3.76. The molecule has 1 atom stereocenters. The fourth-order valence-electron chi connectivity index (χ4n) is 2.92. The summed E-state index contributed by atoms with van der Waals surface area (Å²) in [6.07, 6.45) is 0. The minimum atomic E-state index is -0.193. The molecular weight excluding hydrogens is 373 g/mol. The molecule has 0 aromatic heterocycles. The summed E-state index contributed by atoms with van der Waals surface area (Å²) in [4.78, 5) is 14.7. The Morgan fingerprint density at radius 1 is 1.08 bits per heavy atom. The van der Waals surface area contributed by atoms with Gasteiger partial charge in [-0.15, -0.1) is 24.8 Å². The van der Waals surface area contributed by atoms with Gasteiger partial charge in [0.25, 0.3) is 5.91 Å². The quantitative estimate of drug-likeness (QED) is 0.770. The highest BCUT2D eigenvalue weighted by molar-refractivity contribution is 6.07. The van der Waals surface area contributed by atoms with Gasteiger partial charge in [-0.25, -0.2) is 0 Å². The lowest BCUT2D eigenvalue weighted by molar-refractivity contribution is 0.0198. The molecule has 0 spiro atoms. The molecular formula is C19H25Cl2N3O2. The molecule has 0 aliphatic carbocycles. The Labute approximate surface area is 166 Å². The zero-order chi connectivity index (χ0) is 16.9. The number of halogens is 2. The van der Waals surface area contributed by atoms with Crippen molar-refractivity contribution in [2.45, 2.75) is 13.0 Å². The summed E-state index contributed by atoms with van der Waals surface area (Å²) in [5.41, 5.74) is 8.81. The number of nitrogens with zero attached hydrogens (tertiary/aromatic N) is 1. The Morgan fingerprint density at radius 2 is 1.69 bits per heavy atom. The number of benzene rings is 2. The summed E-state index contributed by atoms with van der Waals surface area (Å²) >= 11 is 0. The van der Waals surface area contributed by atoms with Gasteiger partial charge in [0, 0.05) is 30.5 Å². The first kappa shape index (κ1) is 22.3. The molecule has 1 aliphatic heterocycles. The van der Waals surface area contributed by atoms with Gasteiger partial charge in [0.1, 0.15) is 0 Å². The number of carbonyl (C=O) groups excluding carboxylic acids is 1. The second-order valence-electron chi connectivity index (χ2n) is 5.99. The minimum Gasteiger partial charge on any atom is -0.398 e. The SMILES string of the molecule is CC(c1ccc(NC(=O)c2ccccc2N)cc1)N1CCOCC1.Cl.Cl. The number of nitrogen functional groups attached to an aromatic ring is 1. The number of ether oxygens (including phenoxy) is 1. The smallest absolute Gasteiger partial charge is 0.257 e. The molecule has 26 heavy (non-hydrogen) atoms. The number of hydrogen-bond donors (Lipinski definition) is 2. The van der Waals surface area contributed by atoms with Crippen LogP contribution in [0.25, 0.3) is 0 Å². The first-order valence-corrected chi connectivity index (χ1v) is 8.23. The molecule has 1 aliphatic rings. The van der Waals surface area contributed by atoms with Crippen molar-refractivity contribution in [2.75, 3.05) is 37.4 Å². The van der Waals surface area contributed by atoms with Gasteiger partial charge < -0.3 is 15.8 Å². The van der Waals surface area contributed by atoms with Crippen molar-refractivity contribution < 1.29 is 9.53 Å². The van der Waals surface area contributed by atoms with Crippen LogP contribution in [0.1, 0.15) is 28.9 Å². The van der Waals surface area contributed by atoms with Crippen LogP contribution >= 0.6 is 24.8 Å². The van der Waals surface area contributed by atoms with Crippen LogP contribution in [0.15, 0.2) is 48.5 Å². The van der Waals surface area contributed by atoms with E-state index < -0.39 is 0 Å². The van der Waals surface area contributed by atoms with Gasteiger partial charge in [-0.1, -0.05) is 24.3 Å². The number of nitrogens with one attached hydrogen (secondary N) is 1. The number of amides is 1. The van der Waals surface area contributed by atoms with Gasteiger partial charge >= 0.3 is 0 Å². The molecule has 1 fully saturated rings. The van der Waals surface area contributed by atoms with E-state index in [9.17, 15) is 4.79 Å². The van der Waals surface area contributed by atoms with Crippen LogP contribution in [0.2, 0.25) is 0 Å². The van der Waals surface area contributed by atoms with E-state index in [4.69, 9.17) is 10.5 Å². The molecule has 0 saturated carbocycles. The van der Waals surface area contributed by atoms with Gasteiger partial charge in [-0.2, -0.15) is 0 Å². The van der Waals surface area contributed by atoms with Gasteiger partial charge in [0.15, 0.2) is 0 Å². The van der Waals surface area contributed by atoms with Crippen molar-refractivity contribution in [3.63, 3.8) is 0 Å². The lowest BCUT2D eigenvalue weighted by Crippen LogP contribution is -2.37. The summed E-state index contributed by atoms with van der Waals surface area (Å²) in [6, 6.07) is 15.4. The average Bonchev–Trinajstić information content (AvgIpc) is 2.63. The lowest BCUT2D eigenvalue weighted by Gasteiger charge is -2.32. The van der Waals surface area contributed by atoms with E-state index in [0.717, 1.165) is 32.0 Å². The second-order valence-corrected chi connectivity index (χ2v) is 5.99. The zero-order valence-electron chi connectivity index (χ0n) is 14.7. The fraction of sp³-hybridized carbons (Fsp3) is 0.316. The highest BCUT2D eigenvalue weighted by Gasteiger charge is 2.18. The summed E-state index contributed by atoms with van der Waals surface area (Å²) < 4.78 is 5.40. The number of para-hydroxylation sites is 1. The van der Waals surface area contributed by atoms with Crippen molar-refractivity contribution in [2.24, 2.45) is 0 Å². The van der Waals surface area contributed by atoms with Crippen molar-refractivity contribution in [3.8, 4) is 0 Å². The summed E-state index contributed by atoms with van der Waals surface area (Å²) in [7, 11) is 0. The third-order valence-corrected chi connectivity index (χ3v) is 4.45. The van der Waals surface area contributed by atoms with E-state index in [-0.39, 0.29) is 30.7 Å². The van der Waals surface area contributed by atoms with Crippen molar-refractivity contribution in [1.29, 1.82) is 0 Å². The van der Waals surface area contributed by atoms with Crippen LogP contribution in [-0.2, 0) is 4.74 Å². The highest BCUT2D eigenvalue weighted by atomic mass is 35.5. The van der Waals surface area contributed by atoms with E-state index in [1.165, 1.54) is 5.56 Å². The van der Waals surface area contributed by atoms with E-state index >= 15 is 0 Å². The van der Waals surface area contributed by atoms with Gasteiger partial charge in [0.2, 0.25) is 0 Å². The molecule has 3 rings (SSSR count). The van der Waals surface area contributed by atoms with Crippen LogP contribution in [0, 0.1) is 0 Å². The number of rotatable bonds is 4. The molecule has 3 N–H and O–H groups in total. The molecule has 0 radical (unpaired) electrons. The maximum absolute atomic E-state index is 12.3. The summed E-state index contributed by atoms with van der Waals surface area (Å²) in [6.45, 7) is 5.68. The third-order valence-electron chi connectivity index (χ3n) is 4.45. The first-order chi connectivity index (χ1) is 11.6. The standard InChI is InChI=1S/C19H23N3O2.2ClH/c1-14(22-10-12-24-13-11-22)15-6-8-16(9-7-15)21-19(23)17-4-2-3-5-18(17)20;;/h2-9,14H,10-13,20H2,1H3,(H,21,23);2*1H. The van der Waals surface area contributed by atoms with Gasteiger partial charge in [-0.05, 0) is 36.8 Å². The van der Waals surface area contributed by atoms with E-state index in [2.05, 4.69) is 29.3 Å². The molecule has 2 aromatic rings. The van der Waals surface area contributed by atoms with Crippen molar-refractivity contribution >= 4 is 42.1 Å². The number of hydrogen-bond acceptors (Lipinski definition) is 4. The Balaban J connectivity index is 0.00000169. The monoisotopic (exact) mass is 397 g/mol. The maximum atomic E-state index is 12.3. The maximum Gasteiger partial charge on any atom is 0.257 e. The van der Waals surface area contributed by atoms with Crippen LogP contribution in [0.3, 0.4) is 0 Å². The topological polar surface area (TPSA) is 67.6 Å².